The molecule has 1 amide bonds. The maximum absolute atomic E-state index is 13.0. The van der Waals surface area contributed by atoms with Crippen LogP contribution in [0.4, 0.5) is 11.4 Å². The maximum atomic E-state index is 13.0. The number of hydrogen-bond donors (Lipinski definition) is 2. The number of carbonyl (C=O) groups is 1. The minimum Gasteiger partial charge on any atom is -0.287 e. The molecular weight excluding hydrogens is 394 g/mol. The summed E-state index contributed by atoms with van der Waals surface area (Å²) in [5.74, 6) is -0.407. The van der Waals surface area contributed by atoms with Gasteiger partial charge in [0.15, 0.2) is 5.69 Å². The minimum atomic E-state index is -0.407. The lowest BCUT2D eigenvalue weighted by Gasteiger charge is -1.99. The van der Waals surface area contributed by atoms with Gasteiger partial charge in [-0.25, -0.2) is 10.1 Å². The van der Waals surface area contributed by atoms with Crippen LogP contribution in [0, 0.1) is 0 Å². The molecule has 0 saturated heterocycles. The van der Waals surface area contributed by atoms with Crippen LogP contribution in [0.2, 0.25) is 0 Å². The normalized spacial score (nSPS) is 11.2. The van der Waals surface area contributed by atoms with Gasteiger partial charge in [-0.15, -0.1) is 5.11 Å². The van der Waals surface area contributed by atoms with Crippen molar-refractivity contribution in [3.05, 3.63) is 107 Å². The lowest BCUT2D eigenvalue weighted by Crippen LogP contribution is -2.17. The van der Waals surface area contributed by atoms with Gasteiger partial charge in [0.25, 0.3) is 11.5 Å². The number of nitrogens with one attached hydrogen (secondary N) is 2. The standard InChI is InChI=1S/C22H17N7O2/c30-21(16-11-13-23-14-12-16)27-24-15-19-20(26-25-17-7-3-1-4-8-17)22(31)29(28-19)18-9-5-2-6-10-18/h1-15,28H,(H,27,30)/b24-15+,26-25?. The molecule has 9 nitrogen and oxygen atoms in total. The second kappa shape index (κ2) is 9.23. The van der Waals surface area contributed by atoms with Crippen LogP contribution in [0.5, 0.6) is 0 Å². The summed E-state index contributed by atoms with van der Waals surface area (Å²) >= 11 is 0. The Bertz CT molecular complexity index is 1280. The number of aromatic nitrogens is 3. The molecular formula is C22H17N7O2. The van der Waals surface area contributed by atoms with Gasteiger partial charge in [0.1, 0.15) is 5.69 Å². The summed E-state index contributed by atoms with van der Waals surface area (Å²) < 4.78 is 1.34. The first-order chi connectivity index (χ1) is 15.2. The Hall–Kier alpha value is -4.66. The minimum absolute atomic E-state index is 0.0645. The number of hydrazone groups is 1. The van der Waals surface area contributed by atoms with Crippen molar-refractivity contribution in [1.29, 1.82) is 0 Å². The number of hydrogen-bond acceptors (Lipinski definition) is 6. The van der Waals surface area contributed by atoms with Crippen LogP contribution in [-0.2, 0) is 0 Å². The molecule has 0 aliphatic carbocycles. The van der Waals surface area contributed by atoms with Crippen molar-refractivity contribution >= 4 is 23.5 Å². The number of carbonyl (C=O) groups excluding carboxylic acids is 1. The third-order valence-corrected chi connectivity index (χ3v) is 4.23. The highest BCUT2D eigenvalue weighted by atomic mass is 16.2. The Morgan fingerprint density at radius 3 is 2.32 bits per heavy atom. The molecule has 0 atom stereocenters. The topological polar surface area (TPSA) is 117 Å². The lowest BCUT2D eigenvalue weighted by molar-refractivity contribution is 0.0955. The van der Waals surface area contributed by atoms with Crippen LogP contribution in [-0.4, -0.2) is 26.9 Å². The van der Waals surface area contributed by atoms with Gasteiger partial charge in [-0.3, -0.25) is 19.7 Å². The molecule has 2 aromatic carbocycles. The molecule has 0 bridgehead atoms. The molecule has 0 spiro atoms. The van der Waals surface area contributed by atoms with Crippen LogP contribution >= 0.6 is 0 Å². The average Bonchev–Trinajstić information content (AvgIpc) is 3.14. The molecule has 2 heterocycles. The predicted molar refractivity (Wildman–Crippen MR) is 116 cm³/mol. The number of pyridine rings is 1. The Kier molecular flexibility index (Phi) is 5.85. The van der Waals surface area contributed by atoms with Crippen molar-refractivity contribution in [2.45, 2.75) is 0 Å². The Morgan fingerprint density at radius 1 is 0.935 bits per heavy atom. The molecule has 4 rings (SSSR count). The van der Waals surface area contributed by atoms with Crippen LogP contribution in [0.25, 0.3) is 5.69 Å². The van der Waals surface area contributed by atoms with Crippen LogP contribution < -0.4 is 11.0 Å². The second-order valence-electron chi connectivity index (χ2n) is 6.32. The fourth-order valence-electron chi connectivity index (χ4n) is 2.72. The lowest BCUT2D eigenvalue weighted by atomic mass is 10.3. The van der Waals surface area contributed by atoms with Crippen molar-refractivity contribution < 1.29 is 4.79 Å². The fraction of sp³-hybridized carbons (Fsp3) is 0. The second-order valence-corrected chi connectivity index (χ2v) is 6.32. The zero-order chi connectivity index (χ0) is 21.5. The first kappa shape index (κ1) is 19.6. The fourth-order valence-corrected chi connectivity index (χ4v) is 2.72. The van der Waals surface area contributed by atoms with E-state index in [4.69, 9.17) is 0 Å². The SMILES string of the molecule is O=C(N/N=C/c1[nH]n(-c2ccccc2)c(=O)c1N=Nc1ccccc1)c1ccncc1. The Labute approximate surface area is 176 Å². The van der Waals surface area contributed by atoms with E-state index in [0.29, 0.717) is 22.6 Å². The van der Waals surface area contributed by atoms with E-state index in [1.807, 2.05) is 36.4 Å². The van der Waals surface area contributed by atoms with E-state index < -0.39 is 11.5 Å². The maximum Gasteiger partial charge on any atom is 0.299 e. The number of benzene rings is 2. The van der Waals surface area contributed by atoms with Crippen LogP contribution in [0.15, 0.2) is 105 Å². The van der Waals surface area contributed by atoms with Gasteiger partial charge in [0, 0.05) is 18.0 Å². The number of para-hydroxylation sites is 1. The van der Waals surface area contributed by atoms with Crippen molar-refractivity contribution in [2.24, 2.45) is 15.3 Å². The summed E-state index contributed by atoms with van der Waals surface area (Å²) in [4.78, 5) is 29.0. The van der Waals surface area contributed by atoms with Gasteiger partial charge in [0.05, 0.1) is 17.6 Å². The van der Waals surface area contributed by atoms with Gasteiger partial charge >= 0.3 is 0 Å². The van der Waals surface area contributed by atoms with E-state index in [9.17, 15) is 9.59 Å². The highest BCUT2D eigenvalue weighted by molar-refractivity contribution is 5.94. The predicted octanol–water partition coefficient (Wildman–Crippen LogP) is 3.74. The smallest absolute Gasteiger partial charge is 0.287 e. The third kappa shape index (κ3) is 4.67. The summed E-state index contributed by atoms with van der Waals surface area (Å²) in [6, 6.07) is 21.2. The van der Waals surface area contributed by atoms with E-state index in [-0.39, 0.29) is 5.69 Å². The van der Waals surface area contributed by atoms with E-state index in [1.165, 1.54) is 23.3 Å². The summed E-state index contributed by atoms with van der Waals surface area (Å²) in [5.41, 5.74) is 4.02. The van der Waals surface area contributed by atoms with E-state index in [0.717, 1.165) is 0 Å². The summed E-state index contributed by atoms with van der Waals surface area (Å²) in [7, 11) is 0. The molecule has 4 aromatic rings. The van der Waals surface area contributed by atoms with Crippen molar-refractivity contribution in [3.8, 4) is 5.69 Å². The monoisotopic (exact) mass is 411 g/mol. The van der Waals surface area contributed by atoms with Gasteiger partial charge in [0.2, 0.25) is 0 Å². The molecule has 0 aliphatic rings. The van der Waals surface area contributed by atoms with E-state index >= 15 is 0 Å². The third-order valence-electron chi connectivity index (χ3n) is 4.23. The van der Waals surface area contributed by atoms with Gasteiger partial charge in [-0.2, -0.15) is 10.2 Å². The van der Waals surface area contributed by atoms with E-state index in [1.54, 1.807) is 36.4 Å². The number of amides is 1. The molecule has 0 unspecified atom stereocenters. The molecule has 31 heavy (non-hydrogen) atoms. The zero-order valence-corrected chi connectivity index (χ0v) is 16.2. The Morgan fingerprint density at radius 2 is 1.61 bits per heavy atom. The molecule has 2 aromatic heterocycles. The largest absolute Gasteiger partial charge is 0.299 e. The molecule has 152 valence electrons. The van der Waals surface area contributed by atoms with Crippen molar-refractivity contribution in [3.63, 3.8) is 0 Å². The summed E-state index contributed by atoms with van der Waals surface area (Å²) in [6.45, 7) is 0. The number of aromatic amines is 1. The van der Waals surface area contributed by atoms with Gasteiger partial charge in [-0.05, 0) is 36.4 Å². The number of rotatable bonds is 6. The molecule has 0 aliphatic heterocycles. The molecule has 2 N–H and O–H groups in total. The van der Waals surface area contributed by atoms with E-state index in [2.05, 4.69) is 30.8 Å². The number of nitrogens with zero attached hydrogens (tertiary/aromatic N) is 5. The average molecular weight is 411 g/mol. The molecule has 9 heteroatoms. The highest BCUT2D eigenvalue weighted by Gasteiger charge is 2.14. The molecule has 0 radical (unpaired) electrons. The van der Waals surface area contributed by atoms with Crippen molar-refractivity contribution in [2.75, 3.05) is 0 Å². The number of H-pyrrole nitrogens is 1. The summed E-state index contributed by atoms with van der Waals surface area (Å²) in [6.07, 6.45) is 4.34. The van der Waals surface area contributed by atoms with Gasteiger partial charge in [-0.1, -0.05) is 36.4 Å². The van der Waals surface area contributed by atoms with Crippen LogP contribution in [0.3, 0.4) is 0 Å². The molecule has 0 fully saturated rings. The number of azo groups is 1. The summed E-state index contributed by atoms with van der Waals surface area (Å²) in [5, 5.41) is 15.2. The van der Waals surface area contributed by atoms with Crippen LogP contribution in [0.1, 0.15) is 16.1 Å². The quantitative estimate of drug-likeness (QED) is 0.286. The first-order valence-corrected chi connectivity index (χ1v) is 9.33. The molecule has 0 saturated carbocycles. The zero-order valence-electron chi connectivity index (χ0n) is 16.2. The highest BCUT2D eigenvalue weighted by Crippen LogP contribution is 2.18. The van der Waals surface area contributed by atoms with Crippen molar-refractivity contribution in [1.82, 2.24) is 20.2 Å². The first-order valence-electron chi connectivity index (χ1n) is 9.33. The van der Waals surface area contributed by atoms with Gasteiger partial charge < -0.3 is 0 Å². The Balaban J connectivity index is 1.66.